The fourth-order valence-electron chi connectivity index (χ4n) is 3.05. The van der Waals surface area contributed by atoms with Crippen LogP contribution in [0.25, 0.3) is 0 Å². The van der Waals surface area contributed by atoms with Gasteiger partial charge in [0.15, 0.2) is 5.89 Å². The van der Waals surface area contributed by atoms with E-state index in [2.05, 4.69) is 39.6 Å². The number of amides is 1. The molecular formula is C17H28N2O2. The van der Waals surface area contributed by atoms with Crippen molar-refractivity contribution < 1.29 is 9.21 Å². The van der Waals surface area contributed by atoms with E-state index < -0.39 is 0 Å². The van der Waals surface area contributed by atoms with Gasteiger partial charge in [-0.2, -0.15) is 0 Å². The molecule has 0 N–H and O–H groups in total. The number of carbonyl (C=O) groups is 1. The molecule has 0 bridgehead atoms. The van der Waals surface area contributed by atoms with Crippen LogP contribution in [0.5, 0.6) is 0 Å². The summed E-state index contributed by atoms with van der Waals surface area (Å²) in [5, 5.41) is 0. The molecular weight excluding hydrogens is 264 g/mol. The lowest BCUT2D eigenvalue weighted by atomic mass is 9.97. The van der Waals surface area contributed by atoms with E-state index in [0.717, 1.165) is 24.3 Å². The van der Waals surface area contributed by atoms with Crippen LogP contribution in [0.3, 0.4) is 0 Å². The van der Waals surface area contributed by atoms with Gasteiger partial charge < -0.3 is 9.32 Å². The van der Waals surface area contributed by atoms with Gasteiger partial charge in [-0.25, -0.2) is 4.98 Å². The molecule has 4 nitrogen and oxygen atoms in total. The predicted molar refractivity (Wildman–Crippen MR) is 83.3 cm³/mol. The Balaban J connectivity index is 2.14. The van der Waals surface area contributed by atoms with Gasteiger partial charge in [-0.15, -0.1) is 0 Å². The van der Waals surface area contributed by atoms with E-state index in [4.69, 9.17) is 4.42 Å². The normalized spacial score (nSPS) is 23.4. The molecule has 118 valence electrons. The number of rotatable bonds is 2. The first-order valence-corrected chi connectivity index (χ1v) is 7.98. The summed E-state index contributed by atoms with van der Waals surface area (Å²) in [6.07, 6.45) is 3.72. The maximum absolute atomic E-state index is 12.6. The maximum atomic E-state index is 12.6. The highest BCUT2D eigenvalue weighted by Crippen LogP contribution is 2.26. The number of carbonyl (C=O) groups excluding carboxylic acids is 1. The summed E-state index contributed by atoms with van der Waals surface area (Å²) in [7, 11) is 0. The van der Waals surface area contributed by atoms with Gasteiger partial charge in [0.05, 0.1) is 12.1 Å². The molecule has 2 atom stereocenters. The Kier molecular flexibility index (Phi) is 4.45. The molecule has 2 heterocycles. The number of nitrogens with zero attached hydrogens (tertiary/aromatic N) is 2. The smallest absolute Gasteiger partial charge is 0.230 e. The SMILES string of the molecule is Cc1nc(C(C)(C)C)oc1CC(=O)N1C(C)CCCC1C. The third-order valence-electron chi connectivity index (χ3n) is 4.33. The first kappa shape index (κ1) is 16.1. The monoisotopic (exact) mass is 292 g/mol. The van der Waals surface area contributed by atoms with Crippen LogP contribution < -0.4 is 0 Å². The highest BCUT2D eigenvalue weighted by Gasteiger charge is 2.30. The molecule has 1 aliphatic rings. The van der Waals surface area contributed by atoms with Crippen molar-refractivity contribution in [2.24, 2.45) is 0 Å². The second-order valence-corrected chi connectivity index (χ2v) is 7.38. The summed E-state index contributed by atoms with van der Waals surface area (Å²) < 4.78 is 5.85. The molecule has 0 saturated carbocycles. The summed E-state index contributed by atoms with van der Waals surface area (Å²) in [4.78, 5) is 19.1. The molecule has 1 amide bonds. The fraction of sp³-hybridized carbons (Fsp3) is 0.765. The van der Waals surface area contributed by atoms with Crippen LogP contribution >= 0.6 is 0 Å². The van der Waals surface area contributed by atoms with Crippen molar-refractivity contribution in [3.8, 4) is 0 Å². The molecule has 0 radical (unpaired) electrons. The molecule has 4 heteroatoms. The molecule has 0 spiro atoms. The molecule has 1 aromatic rings. The van der Waals surface area contributed by atoms with E-state index in [1.165, 1.54) is 6.42 Å². The van der Waals surface area contributed by atoms with Gasteiger partial charge in [-0.05, 0) is 40.0 Å². The summed E-state index contributed by atoms with van der Waals surface area (Å²) in [5.41, 5.74) is 0.711. The largest absolute Gasteiger partial charge is 0.444 e. The fourth-order valence-corrected chi connectivity index (χ4v) is 3.05. The van der Waals surface area contributed by atoms with Crippen molar-refractivity contribution in [3.63, 3.8) is 0 Å². The third kappa shape index (κ3) is 3.47. The van der Waals surface area contributed by atoms with Gasteiger partial charge >= 0.3 is 0 Å². The van der Waals surface area contributed by atoms with Crippen LogP contribution in [-0.2, 0) is 16.6 Å². The first-order chi connectivity index (χ1) is 9.70. The van der Waals surface area contributed by atoms with E-state index in [1.807, 2.05) is 11.8 Å². The van der Waals surface area contributed by atoms with Gasteiger partial charge in [0.1, 0.15) is 5.76 Å². The average molecular weight is 292 g/mol. The van der Waals surface area contributed by atoms with Crippen molar-refractivity contribution >= 4 is 5.91 Å². The minimum absolute atomic E-state index is 0.127. The van der Waals surface area contributed by atoms with Crippen molar-refractivity contribution in [1.29, 1.82) is 0 Å². The minimum Gasteiger partial charge on any atom is -0.444 e. The number of aromatic nitrogens is 1. The van der Waals surface area contributed by atoms with Crippen molar-refractivity contribution in [3.05, 3.63) is 17.3 Å². The number of hydrogen-bond acceptors (Lipinski definition) is 3. The standard InChI is InChI=1S/C17H28N2O2/c1-11-8-7-9-12(2)19(11)15(20)10-14-13(3)18-16(21-14)17(4,5)6/h11-12H,7-10H2,1-6H3. The van der Waals surface area contributed by atoms with Gasteiger partial charge in [0.2, 0.25) is 5.91 Å². The molecule has 21 heavy (non-hydrogen) atoms. The quantitative estimate of drug-likeness (QED) is 0.836. The summed E-state index contributed by atoms with van der Waals surface area (Å²) in [5.74, 6) is 1.59. The zero-order chi connectivity index (χ0) is 15.8. The lowest BCUT2D eigenvalue weighted by Gasteiger charge is -2.39. The molecule has 1 saturated heterocycles. The topological polar surface area (TPSA) is 46.3 Å². The van der Waals surface area contributed by atoms with E-state index in [9.17, 15) is 4.79 Å². The number of piperidine rings is 1. The number of aryl methyl sites for hydroxylation is 1. The minimum atomic E-state index is -0.127. The van der Waals surface area contributed by atoms with Crippen molar-refractivity contribution in [2.75, 3.05) is 0 Å². The van der Waals surface area contributed by atoms with Crippen LogP contribution in [0.1, 0.15) is 71.2 Å². The highest BCUT2D eigenvalue weighted by molar-refractivity contribution is 5.79. The summed E-state index contributed by atoms with van der Waals surface area (Å²) >= 11 is 0. The van der Waals surface area contributed by atoms with E-state index >= 15 is 0 Å². The van der Waals surface area contributed by atoms with Crippen LogP contribution in [0, 0.1) is 6.92 Å². The third-order valence-corrected chi connectivity index (χ3v) is 4.33. The first-order valence-electron chi connectivity index (χ1n) is 7.98. The van der Waals surface area contributed by atoms with Crippen molar-refractivity contribution in [2.45, 2.75) is 84.7 Å². The molecule has 1 fully saturated rings. The zero-order valence-electron chi connectivity index (χ0n) is 14.2. The van der Waals surface area contributed by atoms with Crippen LogP contribution in [0.2, 0.25) is 0 Å². The molecule has 2 unspecified atom stereocenters. The summed E-state index contributed by atoms with van der Waals surface area (Å²) in [6.45, 7) is 12.4. The lowest BCUT2D eigenvalue weighted by Crippen LogP contribution is -2.48. The zero-order valence-corrected chi connectivity index (χ0v) is 14.2. The Hall–Kier alpha value is -1.32. The Morgan fingerprint density at radius 2 is 1.86 bits per heavy atom. The van der Waals surface area contributed by atoms with Gasteiger partial charge in [-0.1, -0.05) is 20.8 Å². The van der Waals surface area contributed by atoms with Gasteiger partial charge in [0, 0.05) is 17.5 Å². The van der Waals surface area contributed by atoms with E-state index in [1.54, 1.807) is 0 Å². The van der Waals surface area contributed by atoms with Crippen LogP contribution in [0.4, 0.5) is 0 Å². The molecule has 2 rings (SSSR count). The second-order valence-electron chi connectivity index (χ2n) is 7.38. The number of likely N-dealkylation sites (tertiary alicyclic amines) is 1. The van der Waals surface area contributed by atoms with Gasteiger partial charge in [0.25, 0.3) is 0 Å². The molecule has 0 aromatic carbocycles. The van der Waals surface area contributed by atoms with Gasteiger partial charge in [-0.3, -0.25) is 4.79 Å². The Morgan fingerprint density at radius 3 is 2.33 bits per heavy atom. The van der Waals surface area contributed by atoms with Crippen LogP contribution in [-0.4, -0.2) is 27.9 Å². The molecule has 1 aromatic heterocycles. The Morgan fingerprint density at radius 1 is 1.29 bits per heavy atom. The van der Waals surface area contributed by atoms with Crippen LogP contribution in [0.15, 0.2) is 4.42 Å². The second kappa shape index (κ2) is 5.82. The summed E-state index contributed by atoms with van der Waals surface area (Å²) in [6, 6.07) is 0.651. The average Bonchev–Trinajstić information content (AvgIpc) is 2.70. The van der Waals surface area contributed by atoms with E-state index in [0.29, 0.717) is 24.4 Å². The molecule has 1 aliphatic heterocycles. The maximum Gasteiger partial charge on any atom is 0.230 e. The van der Waals surface area contributed by atoms with Crippen molar-refractivity contribution in [1.82, 2.24) is 9.88 Å². The number of oxazole rings is 1. The Labute approximate surface area is 127 Å². The number of hydrogen-bond donors (Lipinski definition) is 0. The lowest BCUT2D eigenvalue weighted by molar-refractivity contribution is -0.136. The molecule has 0 aliphatic carbocycles. The predicted octanol–water partition coefficient (Wildman–Crippen LogP) is 3.61. The Bertz CT molecular complexity index is 503. The highest BCUT2D eigenvalue weighted by atomic mass is 16.4. The van der Waals surface area contributed by atoms with E-state index in [-0.39, 0.29) is 11.3 Å².